The quantitative estimate of drug-likeness (QED) is 0.651. The van der Waals surface area contributed by atoms with Crippen LogP contribution in [0.3, 0.4) is 0 Å². The van der Waals surface area contributed by atoms with Crippen molar-refractivity contribution in [1.29, 1.82) is 0 Å². The van der Waals surface area contributed by atoms with Crippen molar-refractivity contribution in [1.82, 2.24) is 10.6 Å². The summed E-state index contributed by atoms with van der Waals surface area (Å²) in [5, 5.41) is 5.33. The Kier molecular flexibility index (Phi) is 4.20. The van der Waals surface area contributed by atoms with Crippen molar-refractivity contribution >= 4 is 12.0 Å². The normalized spacial score (nSPS) is 18.1. The van der Waals surface area contributed by atoms with Crippen LogP contribution in [0, 0.1) is 0 Å². The molecule has 2 N–H and O–H groups in total. The van der Waals surface area contributed by atoms with Crippen LogP contribution in [0.15, 0.2) is 54.3 Å². The third-order valence-corrected chi connectivity index (χ3v) is 2.95. The largest absolute Gasteiger partial charge is 0.458 e. The molecule has 5 nitrogen and oxygen atoms in total. The smallest absolute Gasteiger partial charge is 0.338 e. The molecule has 0 aliphatic carbocycles. The Hall–Kier alpha value is -2.56. The molecule has 5 heteroatoms. The number of allylic oxidation sites excluding steroid dienone is 1. The number of rotatable bonds is 4. The van der Waals surface area contributed by atoms with E-state index >= 15 is 0 Å². The highest BCUT2D eigenvalue weighted by atomic mass is 16.5. The van der Waals surface area contributed by atoms with Crippen molar-refractivity contribution in [3.8, 4) is 0 Å². The maximum atomic E-state index is 12.1. The predicted octanol–water partition coefficient (Wildman–Crippen LogP) is 2.04. The number of urea groups is 1. The van der Waals surface area contributed by atoms with Crippen LogP contribution in [0.2, 0.25) is 0 Å². The summed E-state index contributed by atoms with van der Waals surface area (Å²) in [7, 11) is 0. The first-order valence-corrected chi connectivity index (χ1v) is 6.24. The second-order valence-electron chi connectivity index (χ2n) is 4.37. The Morgan fingerprint density at radius 1 is 1.40 bits per heavy atom. The van der Waals surface area contributed by atoms with Crippen molar-refractivity contribution in [3.05, 3.63) is 59.8 Å². The molecule has 1 aliphatic rings. The van der Waals surface area contributed by atoms with Crippen molar-refractivity contribution in [2.45, 2.75) is 13.0 Å². The van der Waals surface area contributed by atoms with Crippen molar-refractivity contribution in [3.63, 3.8) is 0 Å². The lowest BCUT2D eigenvalue weighted by atomic mass is 9.96. The standard InChI is InChI=1S/C15H16N2O3/c1-3-9-20-14(18)12-10(2)16-15(19)17-13(12)11-7-5-4-6-8-11/h3-8,13H,1,9H2,2H3,(H2,16,17,19). The number of amides is 2. The monoisotopic (exact) mass is 272 g/mol. The molecule has 0 saturated heterocycles. The van der Waals surface area contributed by atoms with Crippen LogP contribution in [0.4, 0.5) is 4.79 Å². The fourth-order valence-electron chi connectivity index (χ4n) is 2.07. The van der Waals surface area contributed by atoms with E-state index in [1.807, 2.05) is 30.3 Å². The van der Waals surface area contributed by atoms with E-state index in [2.05, 4.69) is 17.2 Å². The van der Waals surface area contributed by atoms with Gasteiger partial charge in [0.1, 0.15) is 6.61 Å². The van der Waals surface area contributed by atoms with Gasteiger partial charge < -0.3 is 15.4 Å². The van der Waals surface area contributed by atoms with Gasteiger partial charge in [0, 0.05) is 5.70 Å². The number of hydrogen-bond donors (Lipinski definition) is 2. The molecule has 0 saturated carbocycles. The minimum Gasteiger partial charge on any atom is -0.458 e. The van der Waals surface area contributed by atoms with Crippen LogP contribution in [-0.4, -0.2) is 18.6 Å². The molecule has 0 radical (unpaired) electrons. The average molecular weight is 272 g/mol. The number of carbonyl (C=O) groups is 2. The molecule has 1 atom stereocenters. The number of esters is 1. The van der Waals surface area contributed by atoms with Gasteiger partial charge in [-0.15, -0.1) is 0 Å². The van der Waals surface area contributed by atoms with E-state index in [0.717, 1.165) is 5.56 Å². The van der Waals surface area contributed by atoms with Crippen LogP contribution in [-0.2, 0) is 9.53 Å². The van der Waals surface area contributed by atoms with Gasteiger partial charge in [0.05, 0.1) is 11.6 Å². The third kappa shape index (κ3) is 2.88. The first-order chi connectivity index (χ1) is 9.63. The minimum absolute atomic E-state index is 0.130. The fraction of sp³-hybridized carbons (Fsp3) is 0.200. The molecular weight excluding hydrogens is 256 g/mol. The van der Waals surface area contributed by atoms with Crippen molar-refractivity contribution in [2.24, 2.45) is 0 Å². The molecule has 0 fully saturated rings. The second kappa shape index (κ2) is 6.06. The molecule has 0 aromatic heterocycles. The van der Waals surface area contributed by atoms with E-state index in [4.69, 9.17) is 4.74 Å². The lowest BCUT2D eigenvalue weighted by molar-refractivity contribution is -0.138. The maximum Gasteiger partial charge on any atom is 0.338 e. The third-order valence-electron chi connectivity index (χ3n) is 2.95. The van der Waals surface area contributed by atoms with E-state index in [-0.39, 0.29) is 12.6 Å². The molecule has 104 valence electrons. The molecule has 2 rings (SSSR count). The molecule has 1 heterocycles. The summed E-state index contributed by atoms with van der Waals surface area (Å²) in [5.74, 6) is -0.469. The molecule has 1 aliphatic heterocycles. The first kappa shape index (κ1) is 13.9. The summed E-state index contributed by atoms with van der Waals surface area (Å²) in [6.45, 7) is 5.32. The van der Waals surface area contributed by atoms with E-state index in [9.17, 15) is 9.59 Å². The molecular formula is C15H16N2O3. The van der Waals surface area contributed by atoms with Crippen LogP contribution < -0.4 is 10.6 Å². The number of carbonyl (C=O) groups excluding carboxylic acids is 2. The zero-order chi connectivity index (χ0) is 14.5. The lowest BCUT2D eigenvalue weighted by Gasteiger charge is -2.28. The molecule has 1 aromatic carbocycles. The molecule has 2 amide bonds. The van der Waals surface area contributed by atoms with Gasteiger partial charge in [-0.05, 0) is 12.5 Å². The van der Waals surface area contributed by atoms with Crippen LogP contribution in [0.5, 0.6) is 0 Å². The Morgan fingerprint density at radius 3 is 2.75 bits per heavy atom. The minimum atomic E-state index is -0.512. The first-order valence-electron chi connectivity index (χ1n) is 6.24. The second-order valence-corrected chi connectivity index (χ2v) is 4.37. The fourth-order valence-corrected chi connectivity index (χ4v) is 2.07. The average Bonchev–Trinajstić information content (AvgIpc) is 2.45. The molecule has 1 aromatic rings. The van der Waals surface area contributed by atoms with Crippen molar-refractivity contribution < 1.29 is 14.3 Å². The van der Waals surface area contributed by atoms with Crippen molar-refractivity contribution in [2.75, 3.05) is 6.61 Å². The van der Waals surface area contributed by atoms with Gasteiger partial charge in [-0.3, -0.25) is 0 Å². The Morgan fingerprint density at radius 2 is 2.10 bits per heavy atom. The highest BCUT2D eigenvalue weighted by Gasteiger charge is 2.31. The van der Waals surface area contributed by atoms with Gasteiger partial charge in [-0.25, -0.2) is 9.59 Å². The number of ether oxygens (including phenoxy) is 1. The highest BCUT2D eigenvalue weighted by Crippen LogP contribution is 2.27. The van der Waals surface area contributed by atoms with E-state index < -0.39 is 12.0 Å². The molecule has 0 bridgehead atoms. The van der Waals surface area contributed by atoms with Gasteiger partial charge >= 0.3 is 12.0 Å². The van der Waals surface area contributed by atoms with E-state index in [1.165, 1.54) is 6.08 Å². The van der Waals surface area contributed by atoms with Gasteiger partial charge in [0.2, 0.25) is 0 Å². The summed E-state index contributed by atoms with van der Waals surface area (Å²) >= 11 is 0. The topological polar surface area (TPSA) is 67.4 Å². The number of benzene rings is 1. The lowest BCUT2D eigenvalue weighted by Crippen LogP contribution is -2.45. The SMILES string of the molecule is C=CCOC(=O)C1=C(C)NC(=O)NC1c1ccccc1. The Balaban J connectivity index is 2.36. The van der Waals surface area contributed by atoms with Gasteiger partial charge in [-0.2, -0.15) is 0 Å². The van der Waals surface area contributed by atoms with Crippen LogP contribution >= 0.6 is 0 Å². The summed E-state index contributed by atoms with van der Waals surface area (Å²) in [6.07, 6.45) is 1.50. The molecule has 20 heavy (non-hydrogen) atoms. The predicted molar refractivity (Wildman–Crippen MR) is 74.7 cm³/mol. The van der Waals surface area contributed by atoms with Gasteiger partial charge in [0.25, 0.3) is 0 Å². The summed E-state index contributed by atoms with van der Waals surface area (Å²) < 4.78 is 5.08. The summed E-state index contributed by atoms with van der Waals surface area (Å²) in [4.78, 5) is 23.8. The zero-order valence-electron chi connectivity index (χ0n) is 11.2. The van der Waals surface area contributed by atoms with Gasteiger partial charge in [0.15, 0.2) is 0 Å². The van der Waals surface area contributed by atoms with E-state index in [0.29, 0.717) is 11.3 Å². The zero-order valence-corrected chi connectivity index (χ0v) is 11.2. The number of hydrogen-bond acceptors (Lipinski definition) is 3. The Bertz CT molecular complexity index is 564. The highest BCUT2D eigenvalue weighted by molar-refractivity contribution is 5.95. The maximum absolute atomic E-state index is 12.1. The van der Waals surface area contributed by atoms with Gasteiger partial charge in [-0.1, -0.05) is 43.0 Å². The van der Waals surface area contributed by atoms with Crippen LogP contribution in [0.25, 0.3) is 0 Å². The number of nitrogens with one attached hydrogen (secondary N) is 2. The molecule has 0 spiro atoms. The van der Waals surface area contributed by atoms with Crippen LogP contribution in [0.1, 0.15) is 18.5 Å². The summed E-state index contributed by atoms with van der Waals surface area (Å²) in [5.41, 5.74) is 1.72. The Labute approximate surface area is 117 Å². The van der Waals surface area contributed by atoms with E-state index in [1.54, 1.807) is 6.92 Å². The summed E-state index contributed by atoms with van der Waals surface area (Å²) in [6, 6.07) is 8.43. The molecule has 1 unspecified atom stereocenters.